The zero-order valence-electron chi connectivity index (χ0n) is 14.8. The molecule has 1 unspecified atom stereocenters. The molecule has 138 valence electrons. The number of ether oxygens (including phenoxy) is 1. The molecule has 7 nitrogen and oxygen atoms in total. The average molecular weight is 358 g/mol. The van der Waals surface area contributed by atoms with Crippen LogP contribution in [0.15, 0.2) is 47.4 Å². The van der Waals surface area contributed by atoms with Gasteiger partial charge in [-0.15, -0.1) is 0 Å². The number of methoxy groups -OCH3 is 1. The average Bonchev–Trinajstić information content (AvgIpc) is 2.65. The van der Waals surface area contributed by atoms with Crippen LogP contribution in [0, 0.1) is 6.92 Å². The number of hydrogen-bond donors (Lipinski definition) is 2. The Balaban J connectivity index is 2.21. The highest BCUT2D eigenvalue weighted by atomic mass is 16.5. The topological polar surface area (TPSA) is 97.6 Å². The van der Waals surface area contributed by atoms with Crippen LogP contribution in [0.1, 0.15) is 21.5 Å². The third-order valence-electron chi connectivity index (χ3n) is 4.06. The van der Waals surface area contributed by atoms with Crippen molar-refractivity contribution in [1.82, 2.24) is 9.88 Å². The van der Waals surface area contributed by atoms with Crippen LogP contribution in [0.4, 0.5) is 0 Å². The van der Waals surface area contributed by atoms with E-state index in [-0.39, 0.29) is 5.56 Å². The van der Waals surface area contributed by atoms with Gasteiger partial charge in [-0.2, -0.15) is 0 Å². The van der Waals surface area contributed by atoms with Crippen LogP contribution in [0.5, 0.6) is 0 Å². The Bertz CT molecular complexity index is 830. The molecule has 0 radical (unpaired) electrons. The van der Waals surface area contributed by atoms with Crippen LogP contribution >= 0.6 is 0 Å². The number of benzene rings is 1. The minimum atomic E-state index is -1.22. The van der Waals surface area contributed by atoms with Crippen molar-refractivity contribution in [3.63, 3.8) is 0 Å². The molecular weight excluding hydrogens is 336 g/mol. The fourth-order valence-electron chi connectivity index (χ4n) is 2.56. The van der Waals surface area contributed by atoms with E-state index in [1.807, 2.05) is 30.3 Å². The molecule has 0 bridgehead atoms. The molecule has 0 saturated carbocycles. The number of rotatable bonds is 7. The molecule has 7 heteroatoms. The Morgan fingerprint density at radius 2 is 1.92 bits per heavy atom. The maximum Gasteiger partial charge on any atom is 0.330 e. The molecule has 2 rings (SSSR count). The lowest BCUT2D eigenvalue weighted by molar-refractivity contribution is -0.143. The molecule has 2 N–H and O–H groups in total. The summed E-state index contributed by atoms with van der Waals surface area (Å²) in [5.41, 5.74) is 1.07. The SMILES string of the molecule is COC(=O)C(CO)NC(=O)c1c(C)ccn(CCc2ccccc2)c1=O. The number of nitrogens with one attached hydrogen (secondary N) is 1. The molecule has 0 saturated heterocycles. The van der Waals surface area contributed by atoms with Gasteiger partial charge in [0.05, 0.1) is 13.7 Å². The predicted molar refractivity (Wildman–Crippen MR) is 95.9 cm³/mol. The zero-order valence-corrected chi connectivity index (χ0v) is 14.8. The van der Waals surface area contributed by atoms with Crippen molar-refractivity contribution in [2.75, 3.05) is 13.7 Å². The fourth-order valence-corrected chi connectivity index (χ4v) is 2.56. The molecule has 26 heavy (non-hydrogen) atoms. The smallest absolute Gasteiger partial charge is 0.330 e. The van der Waals surface area contributed by atoms with Gasteiger partial charge in [0.25, 0.3) is 11.5 Å². The van der Waals surface area contributed by atoms with E-state index >= 15 is 0 Å². The van der Waals surface area contributed by atoms with Crippen molar-refractivity contribution in [3.8, 4) is 0 Å². The number of nitrogens with zero attached hydrogens (tertiary/aromatic N) is 1. The van der Waals surface area contributed by atoms with Gasteiger partial charge in [-0.1, -0.05) is 30.3 Å². The van der Waals surface area contributed by atoms with Crippen molar-refractivity contribution >= 4 is 11.9 Å². The molecule has 1 heterocycles. The molecule has 0 spiro atoms. The van der Waals surface area contributed by atoms with Crippen LogP contribution in [-0.2, 0) is 22.5 Å². The summed E-state index contributed by atoms with van der Waals surface area (Å²) in [5.74, 6) is -1.50. The van der Waals surface area contributed by atoms with Crippen molar-refractivity contribution in [3.05, 3.63) is 69.6 Å². The number of carbonyl (C=O) groups is 2. The summed E-state index contributed by atoms with van der Waals surface area (Å²) in [6.07, 6.45) is 2.29. The van der Waals surface area contributed by atoms with Crippen LogP contribution in [0.2, 0.25) is 0 Å². The number of amides is 1. The van der Waals surface area contributed by atoms with Gasteiger partial charge in [0.2, 0.25) is 0 Å². The Labute approximate surface area is 151 Å². The highest BCUT2D eigenvalue weighted by molar-refractivity contribution is 5.97. The highest BCUT2D eigenvalue weighted by Gasteiger charge is 2.24. The molecule has 1 aromatic heterocycles. The van der Waals surface area contributed by atoms with Crippen LogP contribution in [0.3, 0.4) is 0 Å². The first kappa shape index (κ1) is 19.4. The van der Waals surface area contributed by atoms with E-state index in [1.165, 1.54) is 4.57 Å². The molecular formula is C19H22N2O5. The Kier molecular flexibility index (Phi) is 6.68. The normalized spacial score (nSPS) is 11.7. The summed E-state index contributed by atoms with van der Waals surface area (Å²) in [5, 5.41) is 11.6. The predicted octanol–water partition coefficient (Wildman–Crippen LogP) is 0.663. The summed E-state index contributed by atoms with van der Waals surface area (Å²) < 4.78 is 5.97. The number of pyridine rings is 1. The summed E-state index contributed by atoms with van der Waals surface area (Å²) >= 11 is 0. The molecule has 0 aliphatic carbocycles. The summed E-state index contributed by atoms with van der Waals surface area (Å²) in [7, 11) is 1.15. The van der Waals surface area contributed by atoms with E-state index in [9.17, 15) is 19.5 Å². The Morgan fingerprint density at radius 1 is 1.23 bits per heavy atom. The van der Waals surface area contributed by atoms with E-state index < -0.39 is 30.1 Å². The number of hydrogen-bond acceptors (Lipinski definition) is 5. The number of aryl methyl sites for hydroxylation is 3. The van der Waals surface area contributed by atoms with Gasteiger partial charge in [0.15, 0.2) is 6.04 Å². The lowest BCUT2D eigenvalue weighted by atomic mass is 10.1. The standard InChI is InChI=1S/C19H22N2O5/c1-13-8-10-21(11-9-14-6-4-3-5-7-14)18(24)16(13)17(23)20-15(12-22)19(25)26-2/h3-8,10,15,22H,9,11-12H2,1-2H3,(H,20,23). The van der Waals surface area contributed by atoms with Crippen LogP contribution < -0.4 is 10.9 Å². The maximum absolute atomic E-state index is 12.7. The molecule has 0 aliphatic rings. The largest absolute Gasteiger partial charge is 0.467 e. The second kappa shape index (κ2) is 8.96. The summed E-state index contributed by atoms with van der Waals surface area (Å²) in [4.78, 5) is 36.7. The Hall–Kier alpha value is -2.93. The van der Waals surface area contributed by atoms with Crippen molar-refractivity contribution in [2.45, 2.75) is 25.9 Å². The molecule has 1 atom stereocenters. The number of esters is 1. The molecule has 2 aromatic rings. The molecule has 0 fully saturated rings. The quantitative estimate of drug-likeness (QED) is 0.709. The van der Waals surface area contributed by atoms with Gasteiger partial charge in [-0.25, -0.2) is 4.79 Å². The maximum atomic E-state index is 12.7. The number of aliphatic hydroxyl groups excluding tert-OH is 1. The first-order valence-corrected chi connectivity index (χ1v) is 8.21. The number of carbonyl (C=O) groups excluding carboxylic acids is 2. The van der Waals surface area contributed by atoms with Crippen LogP contribution in [-0.4, -0.2) is 41.3 Å². The van der Waals surface area contributed by atoms with E-state index in [0.29, 0.717) is 18.5 Å². The number of aliphatic hydroxyl groups is 1. The zero-order chi connectivity index (χ0) is 19.1. The third-order valence-corrected chi connectivity index (χ3v) is 4.06. The fraction of sp³-hybridized carbons (Fsp3) is 0.316. The Morgan fingerprint density at radius 3 is 2.54 bits per heavy atom. The van der Waals surface area contributed by atoms with E-state index in [4.69, 9.17) is 0 Å². The monoisotopic (exact) mass is 358 g/mol. The molecule has 0 aliphatic heterocycles. The van der Waals surface area contributed by atoms with E-state index in [1.54, 1.807) is 19.2 Å². The van der Waals surface area contributed by atoms with E-state index in [2.05, 4.69) is 10.1 Å². The summed E-state index contributed by atoms with van der Waals surface area (Å²) in [6.45, 7) is 1.44. The van der Waals surface area contributed by atoms with E-state index in [0.717, 1.165) is 12.7 Å². The van der Waals surface area contributed by atoms with Gasteiger partial charge in [0, 0.05) is 12.7 Å². The first-order chi connectivity index (χ1) is 12.5. The molecule has 1 amide bonds. The summed E-state index contributed by atoms with van der Waals surface area (Å²) in [6, 6.07) is 10.2. The second-order valence-corrected chi connectivity index (χ2v) is 5.84. The minimum absolute atomic E-state index is 0.0529. The van der Waals surface area contributed by atoms with Crippen LogP contribution in [0.25, 0.3) is 0 Å². The highest BCUT2D eigenvalue weighted by Crippen LogP contribution is 2.05. The lowest BCUT2D eigenvalue weighted by Gasteiger charge is -2.15. The molecule has 1 aromatic carbocycles. The van der Waals surface area contributed by atoms with Crippen molar-refractivity contribution in [1.29, 1.82) is 0 Å². The van der Waals surface area contributed by atoms with Gasteiger partial charge in [-0.3, -0.25) is 9.59 Å². The van der Waals surface area contributed by atoms with Crippen molar-refractivity contribution in [2.24, 2.45) is 0 Å². The number of aromatic nitrogens is 1. The van der Waals surface area contributed by atoms with Gasteiger partial charge < -0.3 is 19.7 Å². The van der Waals surface area contributed by atoms with Gasteiger partial charge >= 0.3 is 5.97 Å². The van der Waals surface area contributed by atoms with Gasteiger partial charge in [-0.05, 0) is 30.5 Å². The second-order valence-electron chi connectivity index (χ2n) is 5.84. The van der Waals surface area contributed by atoms with Crippen molar-refractivity contribution < 1.29 is 19.4 Å². The lowest BCUT2D eigenvalue weighted by Crippen LogP contribution is -2.46. The first-order valence-electron chi connectivity index (χ1n) is 8.21. The van der Waals surface area contributed by atoms with Gasteiger partial charge in [0.1, 0.15) is 5.56 Å². The minimum Gasteiger partial charge on any atom is -0.467 e. The third kappa shape index (κ3) is 4.58.